The summed E-state index contributed by atoms with van der Waals surface area (Å²) in [7, 11) is 0. The van der Waals surface area contributed by atoms with Gasteiger partial charge in [-0.15, -0.1) is 0 Å². The summed E-state index contributed by atoms with van der Waals surface area (Å²) in [5, 5.41) is 3.02. The summed E-state index contributed by atoms with van der Waals surface area (Å²) in [6.45, 7) is 5.34. The Morgan fingerprint density at radius 3 is 2.96 bits per heavy atom. The summed E-state index contributed by atoms with van der Waals surface area (Å²) in [4.78, 5) is 21.4. The highest BCUT2D eigenvalue weighted by Gasteiger charge is 2.18. The van der Waals surface area contributed by atoms with Gasteiger partial charge in [-0.25, -0.2) is 9.97 Å². The molecular weight excluding hydrogens is 302 g/mol. The smallest absolute Gasteiger partial charge is 0.251 e. The molecule has 0 saturated carbocycles. The number of benzene rings is 1. The number of ether oxygens (including phenoxy) is 1. The Morgan fingerprint density at radius 1 is 1.33 bits per heavy atom. The van der Waals surface area contributed by atoms with Crippen molar-refractivity contribution in [3.8, 4) is 11.3 Å². The van der Waals surface area contributed by atoms with E-state index in [2.05, 4.69) is 22.2 Å². The standard InChI is InChI=1S/C19H23N3O2/c1-3-5-16-11-18(21-13(2)20-16)14-6-4-7-15(10-14)19(23)22-17-8-9-24-12-17/h4,6-7,10-11,17H,3,5,8-9,12H2,1-2H3,(H,22,23)/t17-/m0/s1. The molecule has 1 aliphatic rings. The van der Waals surface area contributed by atoms with Crippen molar-refractivity contribution in [2.45, 2.75) is 39.2 Å². The largest absolute Gasteiger partial charge is 0.379 e. The van der Waals surface area contributed by atoms with Crippen molar-refractivity contribution in [2.75, 3.05) is 13.2 Å². The molecule has 3 rings (SSSR count). The second-order valence-corrected chi connectivity index (χ2v) is 6.16. The molecule has 2 heterocycles. The minimum atomic E-state index is -0.0630. The molecule has 2 aromatic rings. The molecule has 0 spiro atoms. The summed E-state index contributed by atoms with van der Waals surface area (Å²) in [5.41, 5.74) is 3.49. The Hall–Kier alpha value is -2.27. The molecule has 1 saturated heterocycles. The normalized spacial score (nSPS) is 17.0. The first-order valence-electron chi connectivity index (χ1n) is 8.49. The Morgan fingerprint density at radius 2 is 2.21 bits per heavy atom. The lowest BCUT2D eigenvalue weighted by molar-refractivity contribution is 0.0930. The topological polar surface area (TPSA) is 64.1 Å². The van der Waals surface area contributed by atoms with Gasteiger partial charge < -0.3 is 10.1 Å². The monoisotopic (exact) mass is 325 g/mol. The van der Waals surface area contributed by atoms with Crippen LogP contribution >= 0.6 is 0 Å². The third-order valence-corrected chi connectivity index (χ3v) is 4.08. The number of hydrogen-bond acceptors (Lipinski definition) is 4. The quantitative estimate of drug-likeness (QED) is 0.918. The van der Waals surface area contributed by atoms with Gasteiger partial charge in [0.15, 0.2) is 0 Å². The maximum absolute atomic E-state index is 12.4. The molecule has 24 heavy (non-hydrogen) atoms. The zero-order valence-electron chi connectivity index (χ0n) is 14.2. The van der Waals surface area contributed by atoms with Gasteiger partial charge >= 0.3 is 0 Å². The molecule has 5 nitrogen and oxygen atoms in total. The number of carbonyl (C=O) groups is 1. The molecule has 126 valence electrons. The van der Waals surface area contributed by atoms with Crippen molar-refractivity contribution in [3.63, 3.8) is 0 Å². The summed E-state index contributed by atoms with van der Waals surface area (Å²) < 4.78 is 5.30. The highest BCUT2D eigenvalue weighted by atomic mass is 16.5. The Bertz CT molecular complexity index is 724. The second-order valence-electron chi connectivity index (χ2n) is 6.16. The van der Waals surface area contributed by atoms with E-state index in [0.29, 0.717) is 18.8 Å². The van der Waals surface area contributed by atoms with Crippen molar-refractivity contribution < 1.29 is 9.53 Å². The average Bonchev–Trinajstić information content (AvgIpc) is 3.08. The van der Waals surface area contributed by atoms with E-state index >= 15 is 0 Å². The van der Waals surface area contributed by atoms with Gasteiger partial charge in [-0.05, 0) is 38.0 Å². The fourth-order valence-corrected chi connectivity index (χ4v) is 2.90. The molecule has 1 fully saturated rings. The third kappa shape index (κ3) is 3.97. The van der Waals surface area contributed by atoms with Crippen LogP contribution in [0.25, 0.3) is 11.3 Å². The molecule has 1 amide bonds. The fraction of sp³-hybridized carbons (Fsp3) is 0.421. The lowest BCUT2D eigenvalue weighted by Crippen LogP contribution is -2.34. The molecule has 0 aliphatic carbocycles. The molecule has 1 atom stereocenters. The van der Waals surface area contributed by atoms with Crippen molar-refractivity contribution in [1.29, 1.82) is 0 Å². The van der Waals surface area contributed by atoms with E-state index in [1.54, 1.807) is 0 Å². The fourth-order valence-electron chi connectivity index (χ4n) is 2.90. The first-order chi connectivity index (χ1) is 11.7. The van der Waals surface area contributed by atoms with Gasteiger partial charge in [0, 0.05) is 23.4 Å². The predicted molar refractivity (Wildman–Crippen MR) is 92.9 cm³/mol. The maximum Gasteiger partial charge on any atom is 0.251 e. The van der Waals surface area contributed by atoms with Crippen LogP contribution in [0.15, 0.2) is 30.3 Å². The lowest BCUT2D eigenvalue weighted by Gasteiger charge is -2.11. The van der Waals surface area contributed by atoms with Crippen molar-refractivity contribution in [3.05, 3.63) is 47.4 Å². The highest BCUT2D eigenvalue weighted by Crippen LogP contribution is 2.20. The SMILES string of the molecule is CCCc1cc(-c2cccc(C(=O)N[C@H]3CCOC3)c2)nc(C)n1. The minimum absolute atomic E-state index is 0.0630. The maximum atomic E-state index is 12.4. The van der Waals surface area contributed by atoms with E-state index in [1.165, 1.54) is 0 Å². The number of nitrogens with one attached hydrogen (secondary N) is 1. The van der Waals surface area contributed by atoms with Gasteiger partial charge in [-0.2, -0.15) is 0 Å². The third-order valence-electron chi connectivity index (χ3n) is 4.08. The summed E-state index contributed by atoms with van der Waals surface area (Å²) >= 11 is 0. The van der Waals surface area contributed by atoms with E-state index in [-0.39, 0.29) is 11.9 Å². The van der Waals surface area contributed by atoms with Gasteiger partial charge in [-0.1, -0.05) is 25.5 Å². The number of carbonyl (C=O) groups excluding carboxylic acids is 1. The number of amides is 1. The van der Waals surface area contributed by atoms with Crippen LogP contribution in [0.3, 0.4) is 0 Å². The zero-order chi connectivity index (χ0) is 16.9. The highest BCUT2D eigenvalue weighted by molar-refractivity contribution is 5.95. The Balaban J connectivity index is 1.83. The van der Waals surface area contributed by atoms with Crippen LogP contribution < -0.4 is 5.32 Å². The molecular formula is C19H23N3O2. The molecule has 1 aromatic heterocycles. The molecule has 0 radical (unpaired) electrons. The van der Waals surface area contributed by atoms with Crippen LogP contribution in [0.1, 0.15) is 41.6 Å². The number of aryl methyl sites for hydroxylation is 2. The van der Waals surface area contributed by atoms with Crippen LogP contribution in [-0.2, 0) is 11.2 Å². The van der Waals surface area contributed by atoms with Crippen LogP contribution in [0.4, 0.5) is 0 Å². The van der Waals surface area contributed by atoms with Crippen LogP contribution in [0.5, 0.6) is 0 Å². The van der Waals surface area contributed by atoms with E-state index < -0.39 is 0 Å². The van der Waals surface area contributed by atoms with Gasteiger partial charge in [0.25, 0.3) is 5.91 Å². The van der Waals surface area contributed by atoms with Crippen molar-refractivity contribution in [1.82, 2.24) is 15.3 Å². The zero-order valence-corrected chi connectivity index (χ0v) is 14.2. The second kappa shape index (κ2) is 7.53. The number of aromatic nitrogens is 2. The van der Waals surface area contributed by atoms with Gasteiger partial charge in [0.05, 0.1) is 18.3 Å². The van der Waals surface area contributed by atoms with E-state index in [4.69, 9.17) is 4.74 Å². The predicted octanol–water partition coefficient (Wildman–Crippen LogP) is 2.92. The van der Waals surface area contributed by atoms with E-state index in [1.807, 2.05) is 37.3 Å². The van der Waals surface area contributed by atoms with Crippen molar-refractivity contribution >= 4 is 5.91 Å². The summed E-state index contributed by atoms with van der Waals surface area (Å²) in [5.74, 6) is 0.695. The van der Waals surface area contributed by atoms with Crippen LogP contribution in [0, 0.1) is 6.92 Å². The molecule has 1 aromatic carbocycles. The van der Waals surface area contributed by atoms with Crippen LogP contribution in [-0.4, -0.2) is 35.1 Å². The first kappa shape index (κ1) is 16.6. The summed E-state index contributed by atoms with van der Waals surface area (Å²) in [6.07, 6.45) is 2.84. The molecule has 5 heteroatoms. The molecule has 0 unspecified atom stereocenters. The Kier molecular flexibility index (Phi) is 5.20. The van der Waals surface area contributed by atoms with Gasteiger partial charge in [0.2, 0.25) is 0 Å². The summed E-state index contributed by atoms with van der Waals surface area (Å²) in [6, 6.07) is 9.72. The van der Waals surface area contributed by atoms with E-state index in [0.717, 1.165) is 42.0 Å². The van der Waals surface area contributed by atoms with E-state index in [9.17, 15) is 4.79 Å². The minimum Gasteiger partial charge on any atom is -0.379 e. The number of rotatable bonds is 5. The Labute approximate surface area is 142 Å². The molecule has 1 N–H and O–H groups in total. The number of nitrogens with zero attached hydrogens (tertiary/aromatic N) is 2. The molecule has 1 aliphatic heterocycles. The number of hydrogen-bond donors (Lipinski definition) is 1. The lowest BCUT2D eigenvalue weighted by atomic mass is 10.1. The van der Waals surface area contributed by atoms with Gasteiger partial charge in [-0.3, -0.25) is 4.79 Å². The average molecular weight is 325 g/mol. The first-order valence-corrected chi connectivity index (χ1v) is 8.49. The van der Waals surface area contributed by atoms with Crippen molar-refractivity contribution in [2.24, 2.45) is 0 Å². The van der Waals surface area contributed by atoms with Crippen LogP contribution in [0.2, 0.25) is 0 Å². The molecule has 0 bridgehead atoms. The van der Waals surface area contributed by atoms with Gasteiger partial charge in [0.1, 0.15) is 5.82 Å².